The molecule has 4 rings (SSSR count). The Bertz CT molecular complexity index is 927. The minimum absolute atomic E-state index is 0.102. The largest absolute Gasteiger partial charge is 0.349 e. The van der Waals surface area contributed by atoms with Gasteiger partial charge in [0.1, 0.15) is 0 Å². The zero-order chi connectivity index (χ0) is 19.7. The summed E-state index contributed by atoms with van der Waals surface area (Å²) in [6.07, 6.45) is 5.59. The Morgan fingerprint density at radius 2 is 1.82 bits per heavy atom. The molecule has 0 radical (unpaired) electrons. The zero-order valence-corrected chi connectivity index (χ0v) is 16.6. The van der Waals surface area contributed by atoms with E-state index in [0.29, 0.717) is 17.2 Å². The molecular formula is C19H19Cl2N5O2. The third-order valence-electron chi connectivity index (χ3n) is 4.72. The van der Waals surface area contributed by atoms with Crippen LogP contribution in [0.15, 0.2) is 24.4 Å². The van der Waals surface area contributed by atoms with Crippen LogP contribution in [-0.4, -0.2) is 40.9 Å². The number of hydrogen-bond acceptors (Lipinski definition) is 5. The average molecular weight is 420 g/mol. The lowest BCUT2D eigenvalue weighted by Gasteiger charge is -2.16. The molecule has 9 heteroatoms. The van der Waals surface area contributed by atoms with Crippen LogP contribution in [0, 0.1) is 0 Å². The molecule has 28 heavy (non-hydrogen) atoms. The molecule has 146 valence electrons. The van der Waals surface area contributed by atoms with Crippen LogP contribution >= 0.6 is 23.2 Å². The summed E-state index contributed by atoms with van der Waals surface area (Å²) >= 11 is 12.4. The van der Waals surface area contributed by atoms with Gasteiger partial charge in [0.2, 0.25) is 5.95 Å². The van der Waals surface area contributed by atoms with Gasteiger partial charge in [-0.3, -0.25) is 9.59 Å². The summed E-state index contributed by atoms with van der Waals surface area (Å²) < 4.78 is 0. The Morgan fingerprint density at radius 1 is 1.07 bits per heavy atom. The first-order valence-corrected chi connectivity index (χ1v) is 9.96. The maximum absolute atomic E-state index is 12.7. The van der Waals surface area contributed by atoms with Gasteiger partial charge in [0.15, 0.2) is 5.69 Å². The SMILES string of the molecule is O=C(NC1CC1)c1ccc(NC(=O)c2nc(N3CCCC3)ncc2Cl)cc1Cl. The Hall–Kier alpha value is -2.38. The van der Waals surface area contributed by atoms with Gasteiger partial charge in [-0.1, -0.05) is 23.2 Å². The highest BCUT2D eigenvalue weighted by atomic mass is 35.5. The van der Waals surface area contributed by atoms with Crippen LogP contribution < -0.4 is 15.5 Å². The molecule has 7 nitrogen and oxygen atoms in total. The van der Waals surface area contributed by atoms with Crippen molar-refractivity contribution in [2.45, 2.75) is 31.7 Å². The summed E-state index contributed by atoms with van der Waals surface area (Å²) in [6, 6.07) is 5.00. The summed E-state index contributed by atoms with van der Waals surface area (Å²) in [5.74, 6) is -0.171. The van der Waals surface area contributed by atoms with E-state index in [0.717, 1.165) is 38.8 Å². The zero-order valence-electron chi connectivity index (χ0n) is 15.0. The van der Waals surface area contributed by atoms with Crippen LogP contribution in [0.5, 0.6) is 0 Å². The highest BCUT2D eigenvalue weighted by Crippen LogP contribution is 2.25. The molecule has 0 atom stereocenters. The Balaban J connectivity index is 1.49. The minimum Gasteiger partial charge on any atom is -0.349 e. The number of aromatic nitrogens is 2. The summed E-state index contributed by atoms with van der Waals surface area (Å²) in [6.45, 7) is 1.73. The number of carbonyl (C=O) groups is 2. The fourth-order valence-corrected chi connectivity index (χ4v) is 3.49. The molecule has 2 heterocycles. The van der Waals surface area contributed by atoms with Crippen molar-refractivity contribution in [2.75, 3.05) is 23.3 Å². The first-order chi connectivity index (χ1) is 13.5. The second-order valence-electron chi connectivity index (χ2n) is 6.96. The van der Waals surface area contributed by atoms with Crippen molar-refractivity contribution in [3.8, 4) is 0 Å². The number of carbonyl (C=O) groups excluding carboxylic acids is 2. The van der Waals surface area contributed by atoms with Crippen molar-refractivity contribution >= 4 is 46.7 Å². The maximum Gasteiger partial charge on any atom is 0.276 e. The van der Waals surface area contributed by atoms with E-state index >= 15 is 0 Å². The Morgan fingerprint density at radius 3 is 2.50 bits per heavy atom. The number of nitrogens with zero attached hydrogens (tertiary/aromatic N) is 3. The highest BCUT2D eigenvalue weighted by Gasteiger charge is 2.25. The molecule has 2 aliphatic rings. The molecule has 2 fully saturated rings. The molecule has 0 spiro atoms. The Labute approximate surface area is 172 Å². The lowest BCUT2D eigenvalue weighted by Crippen LogP contribution is -2.25. The highest BCUT2D eigenvalue weighted by molar-refractivity contribution is 6.35. The van der Waals surface area contributed by atoms with E-state index in [4.69, 9.17) is 23.2 Å². The van der Waals surface area contributed by atoms with Crippen LogP contribution in [0.25, 0.3) is 0 Å². The van der Waals surface area contributed by atoms with Crippen LogP contribution in [0.4, 0.5) is 11.6 Å². The molecule has 0 bridgehead atoms. The van der Waals surface area contributed by atoms with Gasteiger partial charge in [-0.05, 0) is 43.9 Å². The van der Waals surface area contributed by atoms with Crippen LogP contribution in [0.2, 0.25) is 10.0 Å². The molecular weight excluding hydrogens is 401 g/mol. The average Bonchev–Trinajstić information content (AvgIpc) is 3.30. The summed E-state index contributed by atoms with van der Waals surface area (Å²) in [4.78, 5) is 35.4. The van der Waals surface area contributed by atoms with Gasteiger partial charge in [-0.2, -0.15) is 0 Å². The second-order valence-corrected chi connectivity index (χ2v) is 7.77. The first kappa shape index (κ1) is 19.0. The summed E-state index contributed by atoms with van der Waals surface area (Å²) in [7, 11) is 0. The van der Waals surface area contributed by atoms with E-state index in [1.807, 2.05) is 4.90 Å². The molecule has 0 unspecified atom stereocenters. The molecule has 1 aliphatic carbocycles. The van der Waals surface area contributed by atoms with Crippen molar-refractivity contribution in [1.29, 1.82) is 0 Å². The minimum atomic E-state index is -0.459. The number of halogens is 2. The van der Waals surface area contributed by atoms with Gasteiger partial charge in [0.05, 0.1) is 21.8 Å². The standard InChI is InChI=1S/C19H19Cl2N5O2/c20-14-9-12(5-6-13(14)17(27)23-11-3-4-11)24-18(28)16-15(21)10-22-19(25-16)26-7-1-2-8-26/h5-6,9-11H,1-4,7-8H2,(H,23,27)(H,24,28). The molecule has 2 N–H and O–H groups in total. The predicted octanol–water partition coefficient (Wildman–Crippen LogP) is 3.53. The smallest absolute Gasteiger partial charge is 0.276 e. The number of benzene rings is 1. The van der Waals surface area contributed by atoms with E-state index < -0.39 is 5.91 Å². The quantitative estimate of drug-likeness (QED) is 0.773. The number of amides is 2. The first-order valence-electron chi connectivity index (χ1n) is 9.20. The van der Waals surface area contributed by atoms with Gasteiger partial charge in [0.25, 0.3) is 11.8 Å². The number of hydrogen-bond donors (Lipinski definition) is 2. The summed E-state index contributed by atoms with van der Waals surface area (Å²) in [5, 5.41) is 6.06. The fraction of sp³-hybridized carbons (Fsp3) is 0.368. The third kappa shape index (κ3) is 4.20. The van der Waals surface area contributed by atoms with Gasteiger partial charge in [-0.15, -0.1) is 0 Å². The topological polar surface area (TPSA) is 87.2 Å². The van der Waals surface area contributed by atoms with Crippen LogP contribution in [-0.2, 0) is 0 Å². The van der Waals surface area contributed by atoms with Gasteiger partial charge >= 0.3 is 0 Å². The van der Waals surface area contributed by atoms with Gasteiger partial charge in [-0.25, -0.2) is 9.97 Å². The maximum atomic E-state index is 12.7. The van der Waals surface area contributed by atoms with E-state index in [2.05, 4.69) is 20.6 Å². The number of rotatable bonds is 5. The van der Waals surface area contributed by atoms with Crippen molar-refractivity contribution in [3.05, 3.63) is 45.7 Å². The molecule has 1 aliphatic heterocycles. The van der Waals surface area contributed by atoms with E-state index in [1.54, 1.807) is 12.1 Å². The normalized spacial score (nSPS) is 16.1. The van der Waals surface area contributed by atoms with Crippen LogP contribution in [0.1, 0.15) is 46.5 Å². The third-order valence-corrected chi connectivity index (χ3v) is 5.31. The Kier molecular flexibility index (Phi) is 5.37. The second kappa shape index (κ2) is 7.93. The lowest BCUT2D eigenvalue weighted by molar-refractivity contribution is 0.0950. The number of nitrogens with one attached hydrogen (secondary N) is 2. The van der Waals surface area contributed by atoms with Crippen LogP contribution in [0.3, 0.4) is 0 Å². The monoisotopic (exact) mass is 419 g/mol. The lowest BCUT2D eigenvalue weighted by atomic mass is 10.2. The van der Waals surface area contributed by atoms with Crippen molar-refractivity contribution in [2.24, 2.45) is 0 Å². The van der Waals surface area contributed by atoms with E-state index in [9.17, 15) is 9.59 Å². The fourth-order valence-electron chi connectivity index (χ4n) is 3.04. The molecule has 2 aromatic rings. The molecule has 1 aromatic carbocycles. The van der Waals surface area contributed by atoms with Crippen molar-refractivity contribution in [1.82, 2.24) is 15.3 Å². The molecule has 1 aromatic heterocycles. The summed E-state index contributed by atoms with van der Waals surface area (Å²) in [5.41, 5.74) is 0.934. The molecule has 1 saturated heterocycles. The van der Waals surface area contributed by atoms with Crippen molar-refractivity contribution in [3.63, 3.8) is 0 Å². The van der Waals surface area contributed by atoms with Gasteiger partial charge < -0.3 is 15.5 Å². The van der Waals surface area contributed by atoms with Crippen molar-refractivity contribution < 1.29 is 9.59 Å². The van der Waals surface area contributed by atoms with E-state index in [-0.39, 0.29) is 27.7 Å². The molecule has 2 amide bonds. The molecule has 1 saturated carbocycles. The predicted molar refractivity (Wildman–Crippen MR) is 108 cm³/mol. The van der Waals surface area contributed by atoms with Gasteiger partial charge in [0, 0.05) is 24.8 Å². The van der Waals surface area contributed by atoms with E-state index in [1.165, 1.54) is 12.3 Å². The number of anilines is 2.